The van der Waals surface area contributed by atoms with Crippen molar-refractivity contribution in [1.82, 2.24) is 4.57 Å². The molecule has 0 aliphatic rings. The first-order valence-corrected chi connectivity index (χ1v) is 9.54. The maximum absolute atomic E-state index is 13.3. The second-order valence-corrected chi connectivity index (χ2v) is 7.23. The Kier molecular flexibility index (Phi) is 7.50. The number of halogens is 3. The average molecular weight is 476 g/mol. The van der Waals surface area contributed by atoms with E-state index in [2.05, 4.69) is 5.32 Å². The van der Waals surface area contributed by atoms with Gasteiger partial charge >= 0.3 is 57.6 Å². The topological polar surface area (TPSA) is 74.2 Å². The molecule has 0 saturated carbocycles. The molecule has 0 fully saturated rings. The van der Waals surface area contributed by atoms with E-state index in [-0.39, 0.29) is 62.6 Å². The summed E-state index contributed by atoms with van der Waals surface area (Å²) in [5, 5.41) is 14.4. The van der Waals surface area contributed by atoms with Gasteiger partial charge in [0.15, 0.2) is 0 Å². The second-order valence-electron chi connectivity index (χ2n) is 7.23. The molecule has 162 valence electrons. The first-order valence-electron chi connectivity index (χ1n) is 9.54. The second kappa shape index (κ2) is 9.82. The summed E-state index contributed by atoms with van der Waals surface area (Å²) < 4.78 is 41.3. The fraction of sp³-hybridized carbons (Fsp3) is 0.0833. The van der Waals surface area contributed by atoms with E-state index in [1.807, 2.05) is 0 Å². The number of aryl methyl sites for hydroxylation is 1. The number of nitrogens with one attached hydrogen (secondary N) is 1. The Morgan fingerprint density at radius 3 is 2.27 bits per heavy atom. The standard InChI is InChI=1S/C24H17F3N2O3.K/c1-29-20-10-8-17(11-15(20)12-21(29)23(31)32)28-22(30)19-13-16(24(25,26)27)7-9-18(19)14-5-3-2-4-6-14;/h2-13H,1H3,(H,28,30)(H,31,32);/q;+1/p-1. The number of hydrogen-bond donors (Lipinski definition) is 1. The van der Waals surface area contributed by atoms with Gasteiger partial charge in [-0.1, -0.05) is 36.4 Å². The summed E-state index contributed by atoms with van der Waals surface area (Å²) in [7, 11) is 1.57. The zero-order valence-electron chi connectivity index (χ0n) is 17.7. The van der Waals surface area contributed by atoms with Crippen molar-refractivity contribution in [2.75, 3.05) is 5.32 Å². The molecule has 33 heavy (non-hydrogen) atoms. The number of fused-ring (bicyclic) bond motifs is 1. The van der Waals surface area contributed by atoms with Crippen molar-refractivity contribution in [2.45, 2.75) is 6.18 Å². The third-order valence-electron chi connectivity index (χ3n) is 5.19. The van der Waals surface area contributed by atoms with Crippen LogP contribution in [0.4, 0.5) is 18.9 Å². The van der Waals surface area contributed by atoms with Crippen molar-refractivity contribution < 1.29 is 79.3 Å². The van der Waals surface area contributed by atoms with Gasteiger partial charge in [0.2, 0.25) is 0 Å². The molecule has 4 aromatic rings. The molecule has 3 aromatic carbocycles. The molecule has 0 spiro atoms. The number of benzene rings is 3. The van der Waals surface area contributed by atoms with E-state index < -0.39 is 23.6 Å². The third-order valence-corrected chi connectivity index (χ3v) is 5.19. The van der Waals surface area contributed by atoms with E-state index in [9.17, 15) is 27.9 Å². The van der Waals surface area contributed by atoms with Crippen molar-refractivity contribution in [3.8, 4) is 11.1 Å². The van der Waals surface area contributed by atoms with E-state index in [4.69, 9.17) is 0 Å². The summed E-state index contributed by atoms with van der Waals surface area (Å²) in [5.41, 5.74) is 0.780. The van der Waals surface area contributed by atoms with Gasteiger partial charge in [-0.25, -0.2) is 0 Å². The van der Waals surface area contributed by atoms with Gasteiger partial charge in [-0.15, -0.1) is 0 Å². The smallest absolute Gasteiger partial charge is 0.543 e. The van der Waals surface area contributed by atoms with Crippen LogP contribution in [0.2, 0.25) is 0 Å². The Balaban J connectivity index is 0.00000306. The molecule has 0 aliphatic heterocycles. The van der Waals surface area contributed by atoms with Crippen molar-refractivity contribution in [3.05, 3.63) is 89.6 Å². The molecule has 1 N–H and O–H groups in total. The number of carbonyl (C=O) groups excluding carboxylic acids is 2. The van der Waals surface area contributed by atoms with Gasteiger partial charge in [-0.05, 0) is 47.5 Å². The van der Waals surface area contributed by atoms with Crippen molar-refractivity contribution in [3.63, 3.8) is 0 Å². The van der Waals surface area contributed by atoms with Crippen LogP contribution in [0, 0.1) is 0 Å². The van der Waals surface area contributed by atoms with Crippen molar-refractivity contribution >= 4 is 28.5 Å². The minimum Gasteiger partial charge on any atom is -0.543 e. The molecule has 4 rings (SSSR count). The number of nitrogens with zero attached hydrogens (tertiary/aromatic N) is 1. The van der Waals surface area contributed by atoms with Crippen molar-refractivity contribution in [1.29, 1.82) is 0 Å². The Morgan fingerprint density at radius 1 is 0.939 bits per heavy atom. The molecule has 0 radical (unpaired) electrons. The molecule has 1 aromatic heterocycles. The molecule has 1 heterocycles. The fourth-order valence-electron chi connectivity index (χ4n) is 3.60. The maximum atomic E-state index is 13.3. The minimum absolute atomic E-state index is 0. The summed E-state index contributed by atoms with van der Waals surface area (Å²) in [6, 6.07) is 17.8. The first kappa shape index (κ1) is 25.2. The molecule has 0 bridgehead atoms. The van der Waals surface area contributed by atoms with Gasteiger partial charge < -0.3 is 19.8 Å². The van der Waals surface area contributed by atoms with Crippen LogP contribution >= 0.6 is 0 Å². The number of anilines is 1. The summed E-state index contributed by atoms with van der Waals surface area (Å²) in [6.45, 7) is 0. The quantitative estimate of drug-likeness (QED) is 0.454. The molecule has 0 aliphatic carbocycles. The van der Waals surface area contributed by atoms with Crippen LogP contribution in [0.15, 0.2) is 72.8 Å². The number of hydrogen-bond acceptors (Lipinski definition) is 3. The number of carbonyl (C=O) groups is 2. The summed E-state index contributed by atoms with van der Waals surface area (Å²) >= 11 is 0. The van der Waals surface area contributed by atoms with Crippen LogP contribution < -0.4 is 61.8 Å². The van der Waals surface area contributed by atoms with Gasteiger partial charge in [-0.2, -0.15) is 13.2 Å². The van der Waals surface area contributed by atoms with Crippen LogP contribution in [0.5, 0.6) is 0 Å². The number of alkyl halides is 3. The zero-order chi connectivity index (χ0) is 23.0. The minimum atomic E-state index is -4.60. The summed E-state index contributed by atoms with van der Waals surface area (Å²) in [5.74, 6) is -2.06. The number of aromatic carboxylic acids is 1. The molecule has 9 heteroatoms. The van der Waals surface area contributed by atoms with E-state index >= 15 is 0 Å². The van der Waals surface area contributed by atoms with Crippen molar-refractivity contribution in [2.24, 2.45) is 7.05 Å². The van der Waals surface area contributed by atoms with Crippen LogP contribution in [0.25, 0.3) is 22.0 Å². The predicted octanol–water partition coefficient (Wildman–Crippen LogP) is 1.48. The van der Waals surface area contributed by atoms with E-state index in [1.165, 1.54) is 16.7 Å². The number of carboxylic acid groups (broad SMARTS) is 1. The molecule has 5 nitrogen and oxygen atoms in total. The maximum Gasteiger partial charge on any atom is 1.00 e. The summed E-state index contributed by atoms with van der Waals surface area (Å²) in [4.78, 5) is 24.2. The van der Waals surface area contributed by atoms with Gasteiger partial charge in [0.05, 0.1) is 17.2 Å². The SMILES string of the molecule is Cn1c(C(=O)[O-])cc2cc(NC(=O)c3cc(C(F)(F)F)ccc3-c3ccccc3)ccc21.[K+]. The van der Waals surface area contributed by atoms with E-state index in [0.717, 1.165) is 12.1 Å². The van der Waals surface area contributed by atoms with Gasteiger partial charge in [-0.3, -0.25) is 4.79 Å². The Morgan fingerprint density at radius 2 is 1.64 bits per heavy atom. The Labute approximate surface area is 229 Å². The summed E-state index contributed by atoms with van der Waals surface area (Å²) in [6.07, 6.45) is -4.60. The van der Waals surface area contributed by atoms with E-state index in [0.29, 0.717) is 27.7 Å². The molecule has 0 saturated heterocycles. The number of rotatable bonds is 4. The van der Waals surface area contributed by atoms with Crippen LogP contribution in [0.1, 0.15) is 26.4 Å². The number of aromatic nitrogens is 1. The largest absolute Gasteiger partial charge is 1.00 e. The molecule has 1 amide bonds. The monoisotopic (exact) mass is 476 g/mol. The Bertz CT molecular complexity index is 1350. The molecular weight excluding hydrogens is 460 g/mol. The normalized spacial score (nSPS) is 11.2. The van der Waals surface area contributed by atoms with Crippen LogP contribution in [-0.2, 0) is 13.2 Å². The van der Waals surface area contributed by atoms with Gasteiger partial charge in [0.1, 0.15) is 0 Å². The van der Waals surface area contributed by atoms with Gasteiger partial charge in [0.25, 0.3) is 5.91 Å². The number of carboxylic acids is 1. The zero-order valence-corrected chi connectivity index (χ0v) is 20.9. The van der Waals surface area contributed by atoms with Gasteiger partial charge in [0, 0.05) is 29.2 Å². The van der Waals surface area contributed by atoms with Crippen LogP contribution in [0.3, 0.4) is 0 Å². The fourth-order valence-corrected chi connectivity index (χ4v) is 3.60. The van der Waals surface area contributed by atoms with E-state index in [1.54, 1.807) is 55.6 Å². The average Bonchev–Trinajstić information content (AvgIpc) is 3.09. The molecule has 0 unspecified atom stereocenters. The number of amides is 1. The predicted molar refractivity (Wildman–Crippen MR) is 112 cm³/mol. The Hall–Kier alpha value is -2.43. The van der Waals surface area contributed by atoms with Crippen LogP contribution in [-0.4, -0.2) is 16.4 Å². The molecular formula is C24H16F3KN2O3. The molecule has 0 atom stereocenters. The first-order chi connectivity index (χ1) is 15.1. The third kappa shape index (κ3) is 5.23.